The van der Waals surface area contributed by atoms with E-state index >= 15 is 0 Å². The van der Waals surface area contributed by atoms with E-state index in [-0.39, 0.29) is 24.3 Å². The second-order valence-electron chi connectivity index (χ2n) is 4.20. The van der Waals surface area contributed by atoms with Gasteiger partial charge in [-0.15, -0.1) is 0 Å². The molecule has 96 valence electrons. The molecule has 0 spiro atoms. The SMILES string of the molecule is O=C(CC1NC(=O)c2ccccc21)Nc1ncn[nH]1. The molecule has 0 fully saturated rings. The Bertz CT molecular complexity index is 623. The summed E-state index contributed by atoms with van der Waals surface area (Å²) < 4.78 is 0. The number of hydrogen-bond acceptors (Lipinski definition) is 4. The largest absolute Gasteiger partial charge is 0.345 e. The molecule has 0 aliphatic carbocycles. The van der Waals surface area contributed by atoms with Gasteiger partial charge in [0.05, 0.1) is 12.5 Å². The van der Waals surface area contributed by atoms with Crippen molar-refractivity contribution in [2.45, 2.75) is 12.5 Å². The lowest BCUT2D eigenvalue weighted by Crippen LogP contribution is -2.24. The molecule has 0 saturated heterocycles. The van der Waals surface area contributed by atoms with Crippen molar-refractivity contribution >= 4 is 17.8 Å². The van der Waals surface area contributed by atoms with Gasteiger partial charge in [-0.1, -0.05) is 18.2 Å². The van der Waals surface area contributed by atoms with Gasteiger partial charge in [0.15, 0.2) is 0 Å². The molecular formula is C12H11N5O2. The van der Waals surface area contributed by atoms with Gasteiger partial charge in [-0.2, -0.15) is 10.1 Å². The van der Waals surface area contributed by atoms with Crippen molar-refractivity contribution in [3.05, 3.63) is 41.7 Å². The van der Waals surface area contributed by atoms with Crippen LogP contribution < -0.4 is 10.6 Å². The molecule has 1 unspecified atom stereocenters. The van der Waals surface area contributed by atoms with E-state index in [1.54, 1.807) is 12.1 Å². The Morgan fingerprint density at radius 3 is 3.00 bits per heavy atom. The average Bonchev–Trinajstić information content (AvgIpc) is 3.00. The highest BCUT2D eigenvalue weighted by Crippen LogP contribution is 2.27. The molecule has 1 aliphatic heterocycles. The number of fused-ring (bicyclic) bond motifs is 1. The Balaban J connectivity index is 1.71. The molecular weight excluding hydrogens is 246 g/mol. The quantitative estimate of drug-likeness (QED) is 0.750. The molecule has 1 aromatic heterocycles. The van der Waals surface area contributed by atoms with Crippen molar-refractivity contribution in [2.24, 2.45) is 0 Å². The number of nitrogens with zero attached hydrogens (tertiary/aromatic N) is 2. The topological polar surface area (TPSA) is 99.8 Å². The van der Waals surface area contributed by atoms with Crippen LogP contribution in [0.25, 0.3) is 0 Å². The summed E-state index contributed by atoms with van der Waals surface area (Å²) in [6.07, 6.45) is 1.46. The molecule has 0 radical (unpaired) electrons. The van der Waals surface area contributed by atoms with Gasteiger partial charge in [0.25, 0.3) is 5.91 Å². The van der Waals surface area contributed by atoms with Gasteiger partial charge in [0.1, 0.15) is 6.33 Å². The predicted octanol–water partition coefficient (Wildman–Crippen LogP) is 0.618. The van der Waals surface area contributed by atoms with Gasteiger partial charge in [-0.25, -0.2) is 5.10 Å². The van der Waals surface area contributed by atoms with Crippen molar-refractivity contribution in [3.63, 3.8) is 0 Å². The fourth-order valence-corrected chi connectivity index (χ4v) is 2.12. The van der Waals surface area contributed by atoms with E-state index in [1.807, 2.05) is 12.1 Å². The number of amides is 2. The maximum atomic E-state index is 11.8. The van der Waals surface area contributed by atoms with E-state index in [0.717, 1.165) is 5.56 Å². The first kappa shape index (κ1) is 11.4. The minimum atomic E-state index is -0.299. The minimum absolute atomic E-state index is 0.145. The molecule has 3 rings (SSSR count). The smallest absolute Gasteiger partial charge is 0.252 e. The summed E-state index contributed by atoms with van der Waals surface area (Å²) in [6, 6.07) is 6.95. The van der Waals surface area contributed by atoms with Crippen LogP contribution in [0.3, 0.4) is 0 Å². The zero-order valence-electron chi connectivity index (χ0n) is 9.88. The Labute approximate surface area is 108 Å². The van der Waals surface area contributed by atoms with Gasteiger partial charge < -0.3 is 5.32 Å². The third-order valence-corrected chi connectivity index (χ3v) is 2.95. The van der Waals surface area contributed by atoms with Crippen LogP contribution in [0.2, 0.25) is 0 Å². The van der Waals surface area contributed by atoms with E-state index in [9.17, 15) is 9.59 Å². The zero-order valence-corrected chi connectivity index (χ0v) is 9.88. The van der Waals surface area contributed by atoms with Crippen LogP contribution in [-0.4, -0.2) is 27.0 Å². The first-order valence-electron chi connectivity index (χ1n) is 5.79. The first-order valence-corrected chi connectivity index (χ1v) is 5.79. The van der Waals surface area contributed by atoms with E-state index < -0.39 is 0 Å². The van der Waals surface area contributed by atoms with Crippen LogP contribution in [-0.2, 0) is 4.79 Å². The van der Waals surface area contributed by atoms with Gasteiger partial charge in [-0.3, -0.25) is 14.9 Å². The van der Waals surface area contributed by atoms with E-state index in [1.165, 1.54) is 6.33 Å². The van der Waals surface area contributed by atoms with E-state index in [2.05, 4.69) is 25.8 Å². The number of carbonyl (C=O) groups is 2. The van der Waals surface area contributed by atoms with Crippen molar-refractivity contribution in [2.75, 3.05) is 5.32 Å². The number of anilines is 1. The second-order valence-corrected chi connectivity index (χ2v) is 4.20. The van der Waals surface area contributed by atoms with Crippen LogP contribution >= 0.6 is 0 Å². The monoisotopic (exact) mass is 257 g/mol. The van der Waals surface area contributed by atoms with Crippen LogP contribution in [0.15, 0.2) is 30.6 Å². The Hall–Kier alpha value is -2.70. The Kier molecular flexibility index (Phi) is 2.71. The molecule has 1 aliphatic rings. The van der Waals surface area contributed by atoms with Crippen molar-refractivity contribution in [1.82, 2.24) is 20.5 Å². The Morgan fingerprint density at radius 2 is 2.21 bits per heavy atom. The molecule has 3 N–H and O–H groups in total. The van der Waals surface area contributed by atoms with Crippen molar-refractivity contribution in [1.29, 1.82) is 0 Å². The Morgan fingerprint density at radius 1 is 1.37 bits per heavy atom. The number of hydrogen-bond donors (Lipinski definition) is 3. The molecule has 1 atom stereocenters. The summed E-state index contributed by atoms with van der Waals surface area (Å²) >= 11 is 0. The summed E-state index contributed by atoms with van der Waals surface area (Å²) in [5.74, 6) is -0.0885. The summed E-state index contributed by atoms with van der Waals surface area (Å²) in [7, 11) is 0. The highest BCUT2D eigenvalue weighted by molar-refractivity contribution is 6.00. The standard InChI is InChI=1S/C12H11N5O2/c18-10(16-12-13-6-14-17-12)5-9-7-3-1-2-4-8(7)11(19)15-9/h1-4,6,9H,5H2,(H,15,19)(H2,13,14,16,17,18). The third kappa shape index (κ3) is 2.17. The number of aromatic amines is 1. The number of rotatable bonds is 3. The maximum absolute atomic E-state index is 11.8. The normalized spacial score (nSPS) is 16.8. The number of nitrogens with one attached hydrogen (secondary N) is 3. The molecule has 2 heterocycles. The second kappa shape index (κ2) is 4.52. The van der Waals surface area contributed by atoms with E-state index in [4.69, 9.17) is 0 Å². The van der Waals surface area contributed by atoms with Crippen LogP contribution in [0.5, 0.6) is 0 Å². The molecule has 2 amide bonds. The molecule has 2 aromatic rings. The molecule has 0 saturated carbocycles. The summed E-state index contributed by atoms with van der Waals surface area (Å²) in [5, 5.41) is 11.5. The zero-order chi connectivity index (χ0) is 13.2. The van der Waals surface area contributed by atoms with Gasteiger partial charge in [0.2, 0.25) is 11.9 Å². The summed E-state index contributed by atoms with van der Waals surface area (Å²) in [5.41, 5.74) is 1.47. The average molecular weight is 257 g/mol. The predicted molar refractivity (Wildman–Crippen MR) is 66.3 cm³/mol. The van der Waals surface area contributed by atoms with Crippen molar-refractivity contribution < 1.29 is 9.59 Å². The number of carbonyl (C=O) groups excluding carboxylic acids is 2. The highest BCUT2D eigenvalue weighted by Gasteiger charge is 2.29. The number of benzene rings is 1. The third-order valence-electron chi connectivity index (χ3n) is 2.95. The lowest BCUT2D eigenvalue weighted by atomic mass is 10.0. The van der Waals surface area contributed by atoms with Gasteiger partial charge in [-0.05, 0) is 11.6 Å². The van der Waals surface area contributed by atoms with Gasteiger partial charge >= 0.3 is 0 Å². The number of H-pyrrole nitrogens is 1. The van der Waals surface area contributed by atoms with Crippen LogP contribution in [0.4, 0.5) is 5.95 Å². The summed E-state index contributed by atoms with van der Waals surface area (Å²) in [4.78, 5) is 27.3. The van der Waals surface area contributed by atoms with Crippen LogP contribution in [0, 0.1) is 0 Å². The first-order chi connectivity index (χ1) is 9.24. The van der Waals surface area contributed by atoms with Crippen LogP contribution in [0.1, 0.15) is 28.4 Å². The fraction of sp³-hybridized carbons (Fsp3) is 0.167. The molecule has 7 nitrogen and oxygen atoms in total. The minimum Gasteiger partial charge on any atom is -0.345 e. The van der Waals surface area contributed by atoms with Crippen molar-refractivity contribution in [3.8, 4) is 0 Å². The molecule has 7 heteroatoms. The van der Waals surface area contributed by atoms with E-state index in [0.29, 0.717) is 11.5 Å². The molecule has 1 aromatic carbocycles. The number of aromatic nitrogens is 3. The lowest BCUT2D eigenvalue weighted by molar-refractivity contribution is -0.116. The highest BCUT2D eigenvalue weighted by atomic mass is 16.2. The fourth-order valence-electron chi connectivity index (χ4n) is 2.12. The lowest BCUT2D eigenvalue weighted by Gasteiger charge is -2.10. The molecule has 19 heavy (non-hydrogen) atoms. The summed E-state index contributed by atoms with van der Waals surface area (Å²) in [6.45, 7) is 0. The maximum Gasteiger partial charge on any atom is 0.252 e. The van der Waals surface area contributed by atoms with Gasteiger partial charge in [0, 0.05) is 5.56 Å². The molecule has 0 bridgehead atoms.